The van der Waals surface area contributed by atoms with Crippen LogP contribution in [0, 0.1) is 40.4 Å². The van der Waals surface area contributed by atoms with Gasteiger partial charge in [-0.1, -0.05) is 26.0 Å². The molecule has 9 heteroatoms. The number of ether oxygens (including phenoxy) is 2. The number of hydrogen-bond acceptors (Lipinski definition) is 5. The van der Waals surface area contributed by atoms with Crippen LogP contribution in [0.25, 0.3) is 0 Å². The first-order valence-corrected chi connectivity index (χ1v) is 14.7. The lowest BCUT2D eigenvalue weighted by Crippen LogP contribution is -2.54. The van der Waals surface area contributed by atoms with E-state index < -0.39 is 18.2 Å². The molecule has 4 saturated carbocycles. The molecule has 9 atom stereocenters. The maximum absolute atomic E-state index is 12.8. The van der Waals surface area contributed by atoms with Gasteiger partial charge in [0.2, 0.25) is 5.91 Å². The first-order valence-electron chi connectivity index (χ1n) is 14.7. The highest BCUT2D eigenvalue weighted by atomic mass is 19.4. The van der Waals surface area contributed by atoms with Gasteiger partial charge in [-0.2, -0.15) is 18.3 Å². The van der Waals surface area contributed by atoms with E-state index in [9.17, 15) is 22.8 Å². The zero-order valence-corrected chi connectivity index (χ0v) is 23.7. The Bertz CT molecular complexity index is 1220. The number of benzene rings is 1. The SMILES string of the molecule is COc1ccc([C@@H]2[C@H]3C[C@H]4[C@@H]5CC[C@H]6C[C@@H](OC(=O)C(F)(F)F)CC[C@]6(C)[C@H]5CC[C@]4(C)C3=NN2C(C)=O)cc1. The van der Waals surface area contributed by atoms with Crippen LogP contribution >= 0.6 is 0 Å². The molecular formula is C31H39F3N2O4. The predicted octanol–water partition coefficient (Wildman–Crippen LogP) is 6.70. The number of methoxy groups -OCH3 is 1. The van der Waals surface area contributed by atoms with Crippen molar-refractivity contribution in [2.24, 2.45) is 45.5 Å². The molecule has 0 aromatic heterocycles. The van der Waals surface area contributed by atoms with E-state index in [2.05, 4.69) is 13.8 Å². The minimum Gasteiger partial charge on any atom is -0.497 e. The van der Waals surface area contributed by atoms with Crippen LogP contribution in [0.5, 0.6) is 5.75 Å². The summed E-state index contributed by atoms with van der Waals surface area (Å²) in [5.74, 6) is 0.574. The number of hydrazone groups is 1. The summed E-state index contributed by atoms with van der Waals surface area (Å²) in [5, 5.41) is 6.72. The van der Waals surface area contributed by atoms with Crippen LogP contribution in [-0.4, -0.2) is 42.0 Å². The molecule has 0 spiro atoms. The Kier molecular flexibility index (Phi) is 6.54. The van der Waals surface area contributed by atoms with Crippen LogP contribution in [0.15, 0.2) is 29.4 Å². The van der Waals surface area contributed by atoms with E-state index in [1.54, 1.807) is 19.0 Å². The van der Waals surface area contributed by atoms with E-state index in [4.69, 9.17) is 14.6 Å². The first-order chi connectivity index (χ1) is 18.9. The third-order valence-corrected chi connectivity index (χ3v) is 11.6. The van der Waals surface area contributed by atoms with Crippen LogP contribution in [0.1, 0.15) is 83.7 Å². The van der Waals surface area contributed by atoms with Gasteiger partial charge < -0.3 is 9.47 Å². The third kappa shape index (κ3) is 4.16. The number of carbonyl (C=O) groups is 2. The second kappa shape index (κ2) is 9.48. The van der Waals surface area contributed by atoms with Crippen molar-refractivity contribution in [1.82, 2.24) is 5.01 Å². The van der Waals surface area contributed by atoms with Crippen molar-refractivity contribution in [1.29, 1.82) is 0 Å². The number of halogens is 3. The van der Waals surface area contributed by atoms with Crippen molar-refractivity contribution in [3.8, 4) is 5.75 Å². The van der Waals surface area contributed by atoms with E-state index >= 15 is 0 Å². The maximum atomic E-state index is 12.8. The van der Waals surface area contributed by atoms with Gasteiger partial charge in [0.25, 0.3) is 0 Å². The fourth-order valence-electron chi connectivity index (χ4n) is 9.68. The molecule has 0 unspecified atom stereocenters. The molecule has 0 bridgehead atoms. The average molecular weight is 561 g/mol. The largest absolute Gasteiger partial charge is 0.497 e. The lowest BCUT2D eigenvalue weighted by Gasteiger charge is -2.60. The normalized spacial score (nSPS) is 40.3. The fraction of sp³-hybridized carbons (Fsp3) is 0.710. The summed E-state index contributed by atoms with van der Waals surface area (Å²) in [6.07, 6.45) is 1.23. The molecular weight excluding hydrogens is 521 g/mol. The first kappa shape index (κ1) is 27.6. The number of nitrogens with zero attached hydrogens (tertiary/aromatic N) is 2. The van der Waals surface area contributed by atoms with Crippen LogP contribution in [0.4, 0.5) is 13.2 Å². The van der Waals surface area contributed by atoms with Gasteiger partial charge in [-0.25, -0.2) is 9.80 Å². The number of carbonyl (C=O) groups excluding carboxylic acids is 2. The Balaban J connectivity index is 1.24. The molecule has 40 heavy (non-hydrogen) atoms. The minimum atomic E-state index is -4.95. The van der Waals surface area contributed by atoms with Crippen molar-refractivity contribution in [2.75, 3.05) is 7.11 Å². The number of amides is 1. The van der Waals surface area contributed by atoms with Gasteiger partial charge in [-0.3, -0.25) is 4.79 Å². The number of esters is 1. The van der Waals surface area contributed by atoms with Crippen molar-refractivity contribution >= 4 is 17.6 Å². The molecule has 6 nitrogen and oxygen atoms in total. The van der Waals surface area contributed by atoms with Crippen LogP contribution in [0.2, 0.25) is 0 Å². The van der Waals surface area contributed by atoms with Gasteiger partial charge in [-0.05, 0) is 98.1 Å². The van der Waals surface area contributed by atoms with Gasteiger partial charge in [0.1, 0.15) is 11.9 Å². The lowest BCUT2D eigenvalue weighted by atomic mass is 9.45. The monoisotopic (exact) mass is 560 g/mol. The van der Waals surface area contributed by atoms with Crippen molar-refractivity contribution in [2.45, 2.75) is 90.5 Å². The maximum Gasteiger partial charge on any atom is 0.490 e. The summed E-state index contributed by atoms with van der Waals surface area (Å²) in [4.78, 5) is 24.2. The fourth-order valence-corrected chi connectivity index (χ4v) is 9.68. The number of hydrogen-bond donors (Lipinski definition) is 0. The molecule has 1 amide bonds. The smallest absolute Gasteiger partial charge is 0.490 e. The topological polar surface area (TPSA) is 68.2 Å². The Hall–Kier alpha value is -2.58. The molecule has 0 saturated heterocycles. The molecule has 1 heterocycles. The van der Waals surface area contributed by atoms with Crippen LogP contribution in [0.3, 0.4) is 0 Å². The molecule has 0 radical (unpaired) electrons. The summed E-state index contributed by atoms with van der Waals surface area (Å²) >= 11 is 0. The van der Waals surface area contributed by atoms with E-state index in [0.717, 1.165) is 49.8 Å². The number of rotatable bonds is 3. The predicted molar refractivity (Wildman–Crippen MR) is 142 cm³/mol. The molecule has 6 rings (SSSR count). The van der Waals surface area contributed by atoms with E-state index in [1.165, 1.54) is 5.71 Å². The minimum absolute atomic E-state index is 0.0334. The Morgan fingerprint density at radius 1 is 1.00 bits per heavy atom. The highest BCUT2D eigenvalue weighted by Crippen LogP contribution is 2.68. The van der Waals surface area contributed by atoms with Crippen molar-refractivity contribution < 1.29 is 32.2 Å². The summed E-state index contributed by atoms with van der Waals surface area (Å²) in [6.45, 7) is 6.27. The summed E-state index contributed by atoms with van der Waals surface area (Å²) in [5.41, 5.74) is 2.21. The highest BCUT2D eigenvalue weighted by molar-refractivity contribution is 5.98. The van der Waals surface area contributed by atoms with E-state index in [1.807, 2.05) is 24.3 Å². The van der Waals surface area contributed by atoms with Crippen molar-refractivity contribution in [3.05, 3.63) is 29.8 Å². The standard InChI is InChI=1S/C31H39F3N2O4/c1-17(37)36-26(18-5-8-20(39-4)9-6-18)23-16-25-22-10-7-19-15-21(40-28(38)31(32,33)34)11-13-29(19,2)24(22)12-14-30(25,3)27(23)35-36/h5-6,8-9,19,21-26H,7,10-16H2,1-4H3/t19-,21-,22+,23+,24-,25-,26+,29-,30-/m0/s1. The molecule has 1 aliphatic heterocycles. The Morgan fingerprint density at radius 2 is 1.73 bits per heavy atom. The number of fused-ring (bicyclic) bond motifs is 7. The zero-order chi connectivity index (χ0) is 28.6. The zero-order valence-electron chi connectivity index (χ0n) is 23.7. The third-order valence-electron chi connectivity index (χ3n) is 11.6. The van der Waals surface area contributed by atoms with E-state index in [0.29, 0.717) is 30.6 Å². The highest BCUT2D eigenvalue weighted by Gasteiger charge is 2.64. The van der Waals surface area contributed by atoms with Gasteiger partial charge >= 0.3 is 12.1 Å². The average Bonchev–Trinajstić information content (AvgIpc) is 3.43. The summed E-state index contributed by atoms with van der Waals surface area (Å²) in [6, 6.07) is 7.85. The Labute approximate surface area is 233 Å². The molecule has 1 aromatic carbocycles. The van der Waals surface area contributed by atoms with Gasteiger partial charge in [0.05, 0.1) is 18.9 Å². The van der Waals surface area contributed by atoms with Gasteiger partial charge in [0, 0.05) is 18.3 Å². The molecule has 1 aromatic rings. The van der Waals surface area contributed by atoms with Crippen molar-refractivity contribution in [3.63, 3.8) is 0 Å². The molecule has 218 valence electrons. The van der Waals surface area contributed by atoms with E-state index in [-0.39, 0.29) is 34.6 Å². The summed E-state index contributed by atoms with van der Waals surface area (Å²) in [7, 11) is 1.64. The molecule has 4 fully saturated rings. The molecule has 4 aliphatic carbocycles. The Morgan fingerprint density at radius 3 is 2.38 bits per heavy atom. The second-order valence-electron chi connectivity index (χ2n) is 13.3. The van der Waals surface area contributed by atoms with Crippen LogP contribution < -0.4 is 4.74 Å². The van der Waals surface area contributed by atoms with Gasteiger partial charge in [0.15, 0.2) is 0 Å². The second-order valence-corrected chi connectivity index (χ2v) is 13.3. The molecule has 0 N–H and O–H groups in total. The lowest BCUT2D eigenvalue weighted by molar-refractivity contribution is -0.210. The van der Waals surface area contributed by atoms with Gasteiger partial charge in [-0.15, -0.1) is 0 Å². The number of alkyl halides is 3. The molecule has 5 aliphatic rings. The summed E-state index contributed by atoms with van der Waals surface area (Å²) < 4.78 is 48.7. The quantitative estimate of drug-likeness (QED) is 0.386. The van der Waals surface area contributed by atoms with Crippen LogP contribution in [-0.2, 0) is 14.3 Å².